The van der Waals surface area contributed by atoms with Gasteiger partial charge in [0.1, 0.15) is 5.75 Å². The minimum absolute atomic E-state index is 0.161. The number of para-hydroxylation sites is 1. The molecule has 92 valence electrons. The number of ether oxygens (including phenoxy) is 1. The van der Waals surface area contributed by atoms with E-state index in [9.17, 15) is 4.79 Å². The molecule has 3 nitrogen and oxygen atoms in total. The Morgan fingerprint density at radius 3 is 2.78 bits per heavy atom. The molecule has 4 heteroatoms. The third-order valence-corrected chi connectivity index (χ3v) is 2.75. The Morgan fingerprint density at radius 2 is 2.06 bits per heavy atom. The number of benzene rings is 1. The zero-order valence-corrected chi connectivity index (χ0v) is 10.6. The lowest BCUT2D eigenvalue weighted by Gasteiger charge is -2.09. The van der Waals surface area contributed by atoms with Crippen LogP contribution in [0, 0.1) is 0 Å². The molecule has 1 aromatic carbocycles. The van der Waals surface area contributed by atoms with E-state index >= 15 is 0 Å². The summed E-state index contributed by atoms with van der Waals surface area (Å²) in [6.45, 7) is 2.38. The van der Waals surface area contributed by atoms with Crippen LogP contribution >= 0.6 is 11.6 Å². The van der Waals surface area contributed by atoms with Crippen LogP contribution in [0.25, 0.3) is 0 Å². The van der Waals surface area contributed by atoms with Crippen molar-refractivity contribution in [3.63, 3.8) is 0 Å². The maximum Gasteiger partial charge on any atom is 0.198 e. The second-order valence-corrected chi connectivity index (χ2v) is 4.02. The van der Waals surface area contributed by atoms with Crippen molar-refractivity contribution in [2.75, 3.05) is 6.61 Å². The highest BCUT2D eigenvalue weighted by Crippen LogP contribution is 2.24. The molecule has 0 saturated carbocycles. The number of nitrogens with zero attached hydrogens (tertiary/aromatic N) is 1. The van der Waals surface area contributed by atoms with Gasteiger partial charge >= 0.3 is 0 Å². The molecule has 1 heterocycles. The van der Waals surface area contributed by atoms with E-state index in [0.29, 0.717) is 28.5 Å². The minimum Gasteiger partial charge on any atom is -0.493 e. The highest BCUT2D eigenvalue weighted by Gasteiger charge is 2.16. The molecule has 2 aromatic rings. The van der Waals surface area contributed by atoms with Gasteiger partial charge in [0.05, 0.1) is 17.2 Å². The first-order chi connectivity index (χ1) is 8.74. The second kappa shape index (κ2) is 5.65. The van der Waals surface area contributed by atoms with Crippen LogP contribution in [0.4, 0.5) is 0 Å². The summed E-state index contributed by atoms with van der Waals surface area (Å²) in [6.07, 6.45) is 3.00. The van der Waals surface area contributed by atoms with E-state index in [1.54, 1.807) is 30.5 Å². The quantitative estimate of drug-likeness (QED) is 0.792. The summed E-state index contributed by atoms with van der Waals surface area (Å²) >= 11 is 5.97. The fraction of sp³-hybridized carbons (Fsp3) is 0.143. The lowest BCUT2D eigenvalue weighted by Crippen LogP contribution is -2.06. The molecule has 0 radical (unpaired) electrons. The Balaban J connectivity index is 2.43. The molecule has 0 bridgehead atoms. The molecule has 18 heavy (non-hydrogen) atoms. The molecule has 0 atom stereocenters. The van der Waals surface area contributed by atoms with Gasteiger partial charge in [-0.15, -0.1) is 0 Å². The lowest BCUT2D eigenvalue weighted by atomic mass is 10.0. The summed E-state index contributed by atoms with van der Waals surface area (Å²) in [5.74, 6) is 0.407. The predicted molar refractivity (Wildman–Crippen MR) is 70.3 cm³/mol. The molecular weight excluding hydrogens is 250 g/mol. The highest BCUT2D eigenvalue weighted by atomic mass is 35.5. The third-order valence-electron chi connectivity index (χ3n) is 2.45. The molecule has 0 N–H and O–H groups in total. The Kier molecular flexibility index (Phi) is 3.95. The van der Waals surface area contributed by atoms with Gasteiger partial charge in [0.25, 0.3) is 0 Å². The monoisotopic (exact) mass is 261 g/mol. The molecule has 0 spiro atoms. The molecule has 0 unspecified atom stereocenters. The summed E-state index contributed by atoms with van der Waals surface area (Å²) in [5, 5.41) is 0.341. The van der Waals surface area contributed by atoms with Crippen molar-refractivity contribution in [2.24, 2.45) is 0 Å². The number of hydrogen-bond acceptors (Lipinski definition) is 3. The molecule has 0 aliphatic carbocycles. The summed E-state index contributed by atoms with van der Waals surface area (Å²) in [6, 6.07) is 8.73. The summed E-state index contributed by atoms with van der Waals surface area (Å²) in [5.41, 5.74) is 0.936. The van der Waals surface area contributed by atoms with E-state index < -0.39 is 0 Å². The first-order valence-electron chi connectivity index (χ1n) is 5.60. The van der Waals surface area contributed by atoms with Gasteiger partial charge in [0.2, 0.25) is 0 Å². The largest absolute Gasteiger partial charge is 0.493 e. The van der Waals surface area contributed by atoms with Gasteiger partial charge in [-0.05, 0) is 25.1 Å². The molecule has 2 rings (SSSR count). The lowest BCUT2D eigenvalue weighted by molar-refractivity contribution is 0.103. The average molecular weight is 262 g/mol. The molecule has 0 aliphatic rings. The van der Waals surface area contributed by atoms with E-state index in [-0.39, 0.29) is 5.78 Å². The Hall–Kier alpha value is -1.87. The normalized spacial score (nSPS) is 10.1. The summed E-state index contributed by atoms with van der Waals surface area (Å²) in [7, 11) is 0. The van der Waals surface area contributed by atoms with E-state index in [1.807, 2.05) is 13.0 Å². The van der Waals surface area contributed by atoms with E-state index in [1.165, 1.54) is 6.20 Å². The van der Waals surface area contributed by atoms with Crippen molar-refractivity contribution in [3.8, 4) is 5.75 Å². The fourth-order valence-electron chi connectivity index (χ4n) is 1.64. The van der Waals surface area contributed by atoms with Crippen molar-refractivity contribution in [1.29, 1.82) is 0 Å². The van der Waals surface area contributed by atoms with Crippen LogP contribution in [0.15, 0.2) is 42.7 Å². The van der Waals surface area contributed by atoms with Crippen LogP contribution in [-0.4, -0.2) is 17.4 Å². The van der Waals surface area contributed by atoms with Gasteiger partial charge in [-0.3, -0.25) is 9.78 Å². The van der Waals surface area contributed by atoms with Crippen LogP contribution in [0.2, 0.25) is 5.02 Å². The third kappa shape index (κ3) is 2.51. The second-order valence-electron chi connectivity index (χ2n) is 3.61. The topological polar surface area (TPSA) is 39.2 Å². The van der Waals surface area contributed by atoms with Gasteiger partial charge < -0.3 is 4.74 Å². The van der Waals surface area contributed by atoms with Gasteiger partial charge in [0, 0.05) is 18.0 Å². The first kappa shape index (κ1) is 12.6. The van der Waals surface area contributed by atoms with Crippen molar-refractivity contribution in [3.05, 3.63) is 58.9 Å². The van der Waals surface area contributed by atoms with E-state index in [2.05, 4.69) is 4.98 Å². The van der Waals surface area contributed by atoms with Crippen molar-refractivity contribution < 1.29 is 9.53 Å². The zero-order valence-electron chi connectivity index (χ0n) is 9.89. The number of rotatable bonds is 4. The predicted octanol–water partition coefficient (Wildman–Crippen LogP) is 3.36. The van der Waals surface area contributed by atoms with Crippen molar-refractivity contribution in [1.82, 2.24) is 4.98 Å². The smallest absolute Gasteiger partial charge is 0.198 e. The van der Waals surface area contributed by atoms with Gasteiger partial charge in [-0.1, -0.05) is 23.7 Å². The number of carbonyl (C=O) groups is 1. The van der Waals surface area contributed by atoms with E-state index in [0.717, 1.165) is 0 Å². The maximum atomic E-state index is 12.4. The zero-order chi connectivity index (χ0) is 13.0. The molecule has 0 saturated heterocycles. The van der Waals surface area contributed by atoms with Gasteiger partial charge in [-0.25, -0.2) is 0 Å². The number of hydrogen-bond donors (Lipinski definition) is 0. The Bertz CT molecular complexity index is 569. The number of pyridine rings is 1. The van der Waals surface area contributed by atoms with Crippen LogP contribution in [-0.2, 0) is 0 Å². The maximum absolute atomic E-state index is 12.4. The summed E-state index contributed by atoms with van der Waals surface area (Å²) < 4.78 is 5.44. The van der Waals surface area contributed by atoms with Gasteiger partial charge in [0.15, 0.2) is 5.78 Å². The summed E-state index contributed by atoms with van der Waals surface area (Å²) in [4.78, 5) is 16.2. The standard InChI is InChI=1S/C14H12ClNO2/c1-2-18-13-6-4-3-5-11(13)14(17)10-7-8-16-9-12(10)15/h3-9H,2H2,1H3. The average Bonchev–Trinajstić information content (AvgIpc) is 2.40. The number of ketones is 1. The fourth-order valence-corrected chi connectivity index (χ4v) is 1.85. The van der Waals surface area contributed by atoms with Crippen LogP contribution in [0.1, 0.15) is 22.8 Å². The van der Waals surface area contributed by atoms with Crippen molar-refractivity contribution >= 4 is 17.4 Å². The van der Waals surface area contributed by atoms with Crippen LogP contribution < -0.4 is 4.74 Å². The number of carbonyl (C=O) groups excluding carboxylic acids is 1. The van der Waals surface area contributed by atoms with Gasteiger partial charge in [-0.2, -0.15) is 0 Å². The van der Waals surface area contributed by atoms with Crippen LogP contribution in [0.5, 0.6) is 5.75 Å². The molecule has 0 amide bonds. The first-order valence-corrected chi connectivity index (χ1v) is 5.98. The number of halogens is 1. The Morgan fingerprint density at radius 1 is 1.28 bits per heavy atom. The molecule has 0 aliphatic heterocycles. The Labute approximate surface area is 110 Å². The minimum atomic E-state index is -0.161. The molecular formula is C14H12ClNO2. The SMILES string of the molecule is CCOc1ccccc1C(=O)c1ccncc1Cl. The van der Waals surface area contributed by atoms with Crippen molar-refractivity contribution in [2.45, 2.75) is 6.92 Å². The van der Waals surface area contributed by atoms with Crippen LogP contribution in [0.3, 0.4) is 0 Å². The molecule has 1 aromatic heterocycles. The molecule has 0 fully saturated rings. The number of aromatic nitrogens is 1. The highest BCUT2D eigenvalue weighted by molar-refractivity contribution is 6.34. The van der Waals surface area contributed by atoms with E-state index in [4.69, 9.17) is 16.3 Å².